The number of anilines is 2. The number of hydrogen-bond acceptors (Lipinski definition) is 7. The minimum atomic E-state index is 0.432. The van der Waals surface area contributed by atoms with Gasteiger partial charge in [0.2, 0.25) is 11.8 Å². The van der Waals surface area contributed by atoms with Crippen molar-refractivity contribution in [2.24, 2.45) is 0 Å². The molecule has 0 aliphatic carbocycles. The van der Waals surface area contributed by atoms with Crippen LogP contribution >= 0.6 is 0 Å². The molecular formula is C12H17N5O2. The van der Waals surface area contributed by atoms with Crippen LogP contribution in [-0.2, 0) is 6.54 Å². The number of nitrogen functional groups attached to an aromatic ring is 1. The average molecular weight is 263 g/mol. The van der Waals surface area contributed by atoms with Crippen molar-refractivity contribution in [1.29, 1.82) is 0 Å². The highest BCUT2D eigenvalue weighted by Gasteiger charge is 2.06. The Balaban J connectivity index is 2.00. The van der Waals surface area contributed by atoms with Crippen LogP contribution in [0, 0.1) is 6.92 Å². The molecule has 19 heavy (non-hydrogen) atoms. The van der Waals surface area contributed by atoms with Gasteiger partial charge in [-0.3, -0.25) is 0 Å². The van der Waals surface area contributed by atoms with E-state index in [0.29, 0.717) is 42.3 Å². The third-order valence-corrected chi connectivity index (χ3v) is 2.33. The van der Waals surface area contributed by atoms with Gasteiger partial charge in [-0.2, -0.15) is 9.97 Å². The van der Waals surface area contributed by atoms with Crippen LogP contribution in [0.2, 0.25) is 0 Å². The molecule has 0 saturated heterocycles. The van der Waals surface area contributed by atoms with Crippen molar-refractivity contribution in [3.05, 3.63) is 23.8 Å². The fourth-order valence-electron chi connectivity index (χ4n) is 1.45. The Kier molecular flexibility index (Phi) is 4.17. The highest BCUT2D eigenvalue weighted by Crippen LogP contribution is 2.21. The van der Waals surface area contributed by atoms with Crippen LogP contribution in [0.15, 0.2) is 16.7 Å². The number of nitrogens with zero attached hydrogens (tertiary/aromatic N) is 3. The summed E-state index contributed by atoms with van der Waals surface area (Å²) in [6, 6.07) is 3.53. The van der Waals surface area contributed by atoms with Gasteiger partial charge in [0.1, 0.15) is 5.82 Å². The second-order valence-corrected chi connectivity index (χ2v) is 4.02. The van der Waals surface area contributed by atoms with Gasteiger partial charge in [0.15, 0.2) is 5.82 Å². The van der Waals surface area contributed by atoms with Crippen molar-refractivity contribution < 1.29 is 9.26 Å². The summed E-state index contributed by atoms with van der Waals surface area (Å²) in [5.41, 5.74) is 6.31. The van der Waals surface area contributed by atoms with E-state index in [-0.39, 0.29) is 0 Å². The first kappa shape index (κ1) is 13.1. The monoisotopic (exact) mass is 263 g/mol. The van der Waals surface area contributed by atoms with Crippen LogP contribution in [0.4, 0.5) is 11.5 Å². The molecule has 0 unspecified atom stereocenters. The Morgan fingerprint density at radius 2 is 2.21 bits per heavy atom. The zero-order valence-electron chi connectivity index (χ0n) is 11.0. The highest BCUT2D eigenvalue weighted by atomic mass is 16.5. The van der Waals surface area contributed by atoms with Crippen LogP contribution in [0.25, 0.3) is 0 Å². The standard InChI is InChI=1S/C12H17N5O2/c1-3-6-18-12-9(13)4-5-10(16-12)14-7-11-15-8(2)19-17-11/h4-5H,3,6-7,13H2,1-2H3,(H,14,16). The van der Waals surface area contributed by atoms with E-state index in [2.05, 4.69) is 20.4 Å². The van der Waals surface area contributed by atoms with Crippen molar-refractivity contribution in [3.63, 3.8) is 0 Å². The highest BCUT2D eigenvalue weighted by molar-refractivity contribution is 5.53. The summed E-state index contributed by atoms with van der Waals surface area (Å²) in [7, 11) is 0. The first-order valence-electron chi connectivity index (χ1n) is 6.11. The van der Waals surface area contributed by atoms with Gasteiger partial charge in [0.25, 0.3) is 0 Å². The average Bonchev–Trinajstić information content (AvgIpc) is 2.82. The lowest BCUT2D eigenvalue weighted by molar-refractivity contribution is 0.307. The molecule has 3 N–H and O–H groups in total. The third kappa shape index (κ3) is 3.57. The van der Waals surface area contributed by atoms with Gasteiger partial charge >= 0.3 is 0 Å². The summed E-state index contributed by atoms with van der Waals surface area (Å²) in [6.07, 6.45) is 0.904. The van der Waals surface area contributed by atoms with Crippen LogP contribution in [0.3, 0.4) is 0 Å². The molecular weight excluding hydrogens is 246 g/mol. The molecule has 7 nitrogen and oxygen atoms in total. The van der Waals surface area contributed by atoms with E-state index >= 15 is 0 Å². The van der Waals surface area contributed by atoms with Crippen molar-refractivity contribution in [2.75, 3.05) is 17.7 Å². The normalized spacial score (nSPS) is 10.4. The lowest BCUT2D eigenvalue weighted by Crippen LogP contribution is -2.06. The first-order chi connectivity index (χ1) is 9.19. The zero-order chi connectivity index (χ0) is 13.7. The van der Waals surface area contributed by atoms with Gasteiger partial charge in [0.05, 0.1) is 18.8 Å². The molecule has 0 saturated carbocycles. The van der Waals surface area contributed by atoms with E-state index in [4.69, 9.17) is 15.0 Å². The van der Waals surface area contributed by atoms with Gasteiger partial charge in [-0.25, -0.2) is 0 Å². The van der Waals surface area contributed by atoms with E-state index in [0.717, 1.165) is 6.42 Å². The number of pyridine rings is 1. The summed E-state index contributed by atoms with van der Waals surface area (Å²) in [4.78, 5) is 8.38. The molecule has 0 bridgehead atoms. The van der Waals surface area contributed by atoms with Gasteiger partial charge in [-0.15, -0.1) is 0 Å². The second kappa shape index (κ2) is 6.03. The van der Waals surface area contributed by atoms with Crippen LogP contribution < -0.4 is 15.8 Å². The molecule has 2 aromatic rings. The zero-order valence-corrected chi connectivity index (χ0v) is 11.0. The van der Waals surface area contributed by atoms with Crippen LogP contribution in [-0.4, -0.2) is 21.7 Å². The second-order valence-electron chi connectivity index (χ2n) is 4.02. The molecule has 102 valence electrons. The molecule has 2 aromatic heterocycles. The summed E-state index contributed by atoms with van der Waals surface area (Å²) < 4.78 is 10.3. The Labute approximate surface area is 111 Å². The van der Waals surface area contributed by atoms with Crippen molar-refractivity contribution in [1.82, 2.24) is 15.1 Å². The molecule has 0 aromatic carbocycles. The topological polar surface area (TPSA) is 99.1 Å². The number of ether oxygens (including phenoxy) is 1. The van der Waals surface area contributed by atoms with Crippen molar-refractivity contribution in [3.8, 4) is 5.88 Å². The number of aromatic nitrogens is 3. The molecule has 7 heteroatoms. The lowest BCUT2D eigenvalue weighted by atomic mass is 10.4. The van der Waals surface area contributed by atoms with Gasteiger partial charge in [-0.05, 0) is 18.6 Å². The molecule has 0 radical (unpaired) electrons. The van der Waals surface area contributed by atoms with Crippen molar-refractivity contribution in [2.45, 2.75) is 26.8 Å². The summed E-state index contributed by atoms with van der Waals surface area (Å²) in [5, 5.41) is 6.87. The van der Waals surface area contributed by atoms with Crippen LogP contribution in [0.5, 0.6) is 5.88 Å². The molecule has 2 heterocycles. The molecule has 0 spiro atoms. The van der Waals surface area contributed by atoms with E-state index in [1.165, 1.54) is 0 Å². The molecule has 0 fully saturated rings. The number of nitrogens with one attached hydrogen (secondary N) is 1. The van der Waals surface area contributed by atoms with E-state index in [1.54, 1.807) is 19.1 Å². The number of nitrogens with two attached hydrogens (primary N) is 1. The fraction of sp³-hybridized carbons (Fsp3) is 0.417. The molecule has 0 aliphatic rings. The minimum absolute atomic E-state index is 0.432. The van der Waals surface area contributed by atoms with E-state index < -0.39 is 0 Å². The van der Waals surface area contributed by atoms with Gasteiger partial charge in [0, 0.05) is 6.92 Å². The molecule has 0 aliphatic heterocycles. The Bertz CT molecular complexity index is 541. The predicted molar refractivity (Wildman–Crippen MR) is 70.8 cm³/mol. The fourth-order valence-corrected chi connectivity index (χ4v) is 1.45. The number of rotatable bonds is 6. The predicted octanol–water partition coefficient (Wildman–Crippen LogP) is 1.76. The summed E-state index contributed by atoms with van der Waals surface area (Å²) in [5.74, 6) is 2.21. The maximum absolute atomic E-state index is 5.79. The smallest absolute Gasteiger partial charge is 0.239 e. The Hall–Kier alpha value is -2.31. The van der Waals surface area contributed by atoms with Gasteiger partial charge < -0.3 is 20.3 Å². The number of hydrogen-bond donors (Lipinski definition) is 2. The quantitative estimate of drug-likeness (QED) is 0.819. The molecule has 0 amide bonds. The summed E-state index contributed by atoms with van der Waals surface area (Å²) in [6.45, 7) is 4.79. The van der Waals surface area contributed by atoms with E-state index in [1.807, 2.05) is 6.92 Å². The maximum atomic E-state index is 5.79. The first-order valence-corrected chi connectivity index (χ1v) is 6.11. The van der Waals surface area contributed by atoms with Crippen LogP contribution in [0.1, 0.15) is 25.1 Å². The largest absolute Gasteiger partial charge is 0.476 e. The SMILES string of the molecule is CCCOc1nc(NCc2noc(C)n2)ccc1N. The molecule has 2 rings (SSSR count). The number of aryl methyl sites for hydroxylation is 1. The maximum Gasteiger partial charge on any atom is 0.239 e. The Morgan fingerprint density at radius 3 is 2.89 bits per heavy atom. The minimum Gasteiger partial charge on any atom is -0.476 e. The van der Waals surface area contributed by atoms with E-state index in [9.17, 15) is 0 Å². The third-order valence-electron chi connectivity index (χ3n) is 2.33. The Morgan fingerprint density at radius 1 is 1.37 bits per heavy atom. The van der Waals surface area contributed by atoms with Crippen molar-refractivity contribution >= 4 is 11.5 Å². The molecule has 0 atom stereocenters. The summed E-state index contributed by atoms with van der Waals surface area (Å²) >= 11 is 0. The van der Waals surface area contributed by atoms with Gasteiger partial charge in [-0.1, -0.05) is 12.1 Å². The lowest BCUT2D eigenvalue weighted by Gasteiger charge is -2.09.